The van der Waals surface area contributed by atoms with Gasteiger partial charge in [-0.25, -0.2) is 9.59 Å². The average molecular weight is 1140 g/mol. The second kappa shape index (κ2) is 28.1. The number of benzene rings is 3. The van der Waals surface area contributed by atoms with E-state index in [0.717, 1.165) is 17.3 Å². The van der Waals surface area contributed by atoms with Gasteiger partial charge in [0.05, 0.1) is 46.0 Å². The zero-order chi connectivity index (χ0) is 56.8. The van der Waals surface area contributed by atoms with E-state index in [0.29, 0.717) is 50.5 Å². The molecule has 0 unspecified atom stereocenters. The van der Waals surface area contributed by atoms with Crippen molar-refractivity contribution in [3.05, 3.63) is 120 Å². The van der Waals surface area contributed by atoms with Crippen LogP contribution < -0.4 is 0 Å². The molecule has 0 N–H and O–H groups in total. The van der Waals surface area contributed by atoms with E-state index in [-0.39, 0.29) is 87.7 Å². The molecule has 3 aliphatic heterocycles. The molecular weight excluding hydrogens is 1070 g/mol. The van der Waals surface area contributed by atoms with Crippen LogP contribution in [0.1, 0.15) is 50.8 Å². The van der Waals surface area contributed by atoms with Gasteiger partial charge in [-0.05, 0) is 108 Å². The van der Waals surface area contributed by atoms with Gasteiger partial charge in [0.15, 0.2) is 18.9 Å². The van der Waals surface area contributed by atoms with Crippen LogP contribution >= 0.6 is 20.0 Å². The first-order valence-electron chi connectivity index (χ1n) is 25.5. The summed E-state index contributed by atoms with van der Waals surface area (Å²) in [6.07, 6.45) is -1.43. The third-order valence-corrected chi connectivity index (χ3v) is 16.6. The number of likely N-dealkylation sites (tertiary alicyclic amines) is 2. The predicted molar refractivity (Wildman–Crippen MR) is 290 cm³/mol. The Kier molecular flexibility index (Phi) is 21.9. The molecule has 78 heavy (non-hydrogen) atoms. The summed E-state index contributed by atoms with van der Waals surface area (Å²) in [7, 11) is -2.18. The molecule has 422 valence electrons. The number of amides is 3. The maximum absolute atomic E-state index is 14.8. The summed E-state index contributed by atoms with van der Waals surface area (Å²) in [4.78, 5) is 111. The summed E-state index contributed by atoms with van der Waals surface area (Å²) in [5.41, 5.74) is 1.25. The quantitative estimate of drug-likeness (QED) is 0.0114. The average Bonchev–Trinajstić information content (AvgIpc) is 3.94. The highest BCUT2D eigenvalue weighted by Crippen LogP contribution is 2.42. The summed E-state index contributed by atoms with van der Waals surface area (Å²) >= 11 is 0.933. The van der Waals surface area contributed by atoms with Crippen LogP contribution in [0.25, 0.3) is 0 Å². The van der Waals surface area contributed by atoms with E-state index in [1.54, 1.807) is 44.7 Å². The number of non-ortho nitro benzene ring substituents is 3. The molecule has 0 saturated carbocycles. The first-order valence-corrected chi connectivity index (χ1v) is 30.8. The van der Waals surface area contributed by atoms with Gasteiger partial charge in [0.1, 0.15) is 19.3 Å². The third kappa shape index (κ3) is 16.4. The van der Waals surface area contributed by atoms with E-state index in [2.05, 4.69) is 4.90 Å². The minimum atomic E-state index is -2.29. The van der Waals surface area contributed by atoms with Crippen LogP contribution in [0.5, 0.6) is 0 Å². The molecule has 3 amide bonds. The molecule has 0 aliphatic carbocycles. The van der Waals surface area contributed by atoms with Crippen molar-refractivity contribution in [2.45, 2.75) is 103 Å². The lowest BCUT2D eigenvalue weighted by molar-refractivity contribution is -0.385. The van der Waals surface area contributed by atoms with Gasteiger partial charge >= 0.3 is 12.1 Å². The number of rotatable bonds is 26. The normalized spacial score (nSPS) is 19.8. The van der Waals surface area contributed by atoms with Crippen LogP contribution in [0.15, 0.2) is 72.8 Å². The van der Waals surface area contributed by atoms with Crippen molar-refractivity contribution in [3.8, 4) is 0 Å². The van der Waals surface area contributed by atoms with Crippen molar-refractivity contribution in [1.29, 1.82) is 0 Å². The molecule has 3 aliphatic rings. The van der Waals surface area contributed by atoms with Gasteiger partial charge < -0.3 is 33.0 Å². The number of nitrogens with zero attached hydrogens (tertiary/aromatic N) is 7. The molecule has 3 aromatic carbocycles. The number of ether oxygens (including phenoxy) is 5. The van der Waals surface area contributed by atoms with Crippen LogP contribution in [-0.2, 0) is 67.1 Å². The van der Waals surface area contributed by atoms with Gasteiger partial charge in [-0.3, -0.25) is 59.4 Å². The largest absolute Gasteiger partial charge is 0.456 e. The van der Waals surface area contributed by atoms with Gasteiger partial charge in [-0.1, -0.05) is 18.7 Å². The van der Waals surface area contributed by atoms with E-state index in [1.165, 1.54) is 70.5 Å². The van der Waals surface area contributed by atoms with E-state index in [9.17, 15) is 54.3 Å². The molecule has 24 nitrogen and oxygen atoms in total. The lowest BCUT2D eigenvalue weighted by atomic mass is 9.77. The molecule has 3 heterocycles. The van der Waals surface area contributed by atoms with Gasteiger partial charge in [0.25, 0.3) is 17.1 Å². The first-order chi connectivity index (χ1) is 37.1. The Bertz CT molecular complexity index is 2650. The SMILES string of the molecule is CCOC(OCC)P=C(C(=O)OCc1ccc([N+](=O)[O-])cc1)N1C(=O)[C@H]([C@@H](C)O[Si](C)(C)C)[C@H]1[C@@H](C)C(=O)S[C@H]1C[C@@H](C(=O)N2CCN(CCOCc3ccc([N+](=O)[O-])cc3)CC2)N(C(=O)OCc2ccc([N+](=O)[O-])cc2)C1. The van der Waals surface area contributed by atoms with Crippen LogP contribution in [0.3, 0.4) is 0 Å². The Labute approximate surface area is 458 Å². The Hall–Kier alpha value is -6.25. The molecule has 0 aromatic heterocycles. The zero-order valence-electron chi connectivity index (χ0n) is 44.6. The summed E-state index contributed by atoms with van der Waals surface area (Å²) in [5, 5.41) is 32.5. The lowest BCUT2D eigenvalue weighted by Gasteiger charge is -2.52. The molecular formula is C51H66N7O17PSSi. The summed E-state index contributed by atoms with van der Waals surface area (Å²) < 4.78 is 35.4. The Morgan fingerprint density at radius 3 is 1.73 bits per heavy atom. The predicted octanol–water partition coefficient (Wildman–Crippen LogP) is 6.99. The fourth-order valence-corrected chi connectivity index (χ4v) is 12.9. The Morgan fingerprint density at radius 2 is 1.24 bits per heavy atom. The summed E-state index contributed by atoms with van der Waals surface area (Å²) in [6, 6.07) is 14.1. The van der Waals surface area contributed by atoms with Crippen LogP contribution in [-0.4, -0.2) is 166 Å². The van der Waals surface area contributed by atoms with E-state index in [1.807, 2.05) is 19.6 Å². The monoisotopic (exact) mass is 1140 g/mol. The highest BCUT2D eigenvalue weighted by molar-refractivity contribution is 8.14. The Morgan fingerprint density at radius 1 is 0.744 bits per heavy atom. The number of carbonyl (C=O) groups is 5. The van der Waals surface area contributed by atoms with Crippen molar-refractivity contribution < 1.29 is 66.9 Å². The molecule has 6 rings (SSSR count). The zero-order valence-corrected chi connectivity index (χ0v) is 47.3. The molecule has 3 aromatic rings. The summed E-state index contributed by atoms with van der Waals surface area (Å²) in [6.45, 7) is 15.5. The van der Waals surface area contributed by atoms with Crippen molar-refractivity contribution in [2.24, 2.45) is 11.8 Å². The number of carbonyl (C=O) groups excluding carboxylic acids is 5. The van der Waals surface area contributed by atoms with Gasteiger partial charge in [-0.2, -0.15) is 0 Å². The third-order valence-electron chi connectivity index (χ3n) is 13.1. The minimum absolute atomic E-state index is 0.0109. The number of esters is 1. The number of nitro benzene ring substituents is 3. The molecule has 27 heteroatoms. The number of thioether (sulfide) groups is 1. The maximum atomic E-state index is 14.8. The highest BCUT2D eigenvalue weighted by atomic mass is 32.2. The first kappa shape index (κ1) is 61.0. The number of hydrogen-bond acceptors (Lipinski definition) is 19. The molecule has 3 saturated heterocycles. The molecule has 3 fully saturated rings. The number of hydrogen-bond donors (Lipinski definition) is 0. The van der Waals surface area contributed by atoms with Crippen molar-refractivity contribution in [1.82, 2.24) is 19.6 Å². The number of piperazine rings is 1. The summed E-state index contributed by atoms with van der Waals surface area (Å²) in [5.74, 6) is -3.57. The van der Waals surface area contributed by atoms with Crippen LogP contribution in [0, 0.1) is 42.2 Å². The van der Waals surface area contributed by atoms with Gasteiger partial charge in [0, 0.05) is 100 Å². The molecule has 6 atom stereocenters. The van der Waals surface area contributed by atoms with E-state index in [4.69, 9.17) is 28.1 Å². The molecule has 0 radical (unpaired) electrons. The molecule has 0 bridgehead atoms. The van der Waals surface area contributed by atoms with Crippen molar-refractivity contribution in [3.63, 3.8) is 0 Å². The van der Waals surface area contributed by atoms with E-state index >= 15 is 0 Å². The van der Waals surface area contributed by atoms with E-state index < -0.39 is 82.4 Å². The maximum Gasteiger partial charge on any atom is 0.410 e. The minimum Gasteiger partial charge on any atom is -0.456 e. The van der Waals surface area contributed by atoms with Crippen molar-refractivity contribution >= 4 is 79.8 Å². The fourth-order valence-electron chi connectivity index (χ4n) is 9.24. The lowest BCUT2D eigenvalue weighted by Crippen LogP contribution is -2.70. The van der Waals surface area contributed by atoms with Crippen LogP contribution in [0.2, 0.25) is 19.6 Å². The molecule has 0 spiro atoms. The second-order valence-electron chi connectivity index (χ2n) is 19.7. The van der Waals surface area contributed by atoms with Crippen molar-refractivity contribution in [2.75, 3.05) is 59.1 Å². The van der Waals surface area contributed by atoms with Gasteiger partial charge in [-0.15, -0.1) is 0 Å². The Balaban J connectivity index is 1.20. The fraction of sp³-hybridized carbons (Fsp3) is 0.529. The second-order valence-corrected chi connectivity index (χ2v) is 26.6. The standard InChI is InChI=1S/C51H66N7O17PSSi/c1-8-71-51(72-9-2)76-47(48(61)73-31-36-12-18-39(19-13-36)57(66)67)55-44(43(46(55)60)34(4)75-78(5,6)7)33(3)49(62)77-41-28-42(54(29-41)50(63)74-32-37-14-20-40(21-15-37)58(68)69)45(59)53-24-22-52(23-25-53)26-27-70-30-35-10-16-38(17-11-35)56(64)65/h10-21,33-34,41-44,51H,8-9,22-32H2,1-7H3/t33-,34-,41+,42+,43-,44-/m1/s1. The number of nitro groups is 3. The highest BCUT2D eigenvalue weighted by Gasteiger charge is 2.58. The topological polar surface area (TPSA) is 283 Å². The smallest absolute Gasteiger partial charge is 0.410 e. The number of β-lactam (4-membered cyclic amide) rings is 1. The van der Waals surface area contributed by atoms with Crippen LogP contribution in [0.4, 0.5) is 21.9 Å². The van der Waals surface area contributed by atoms with Gasteiger partial charge in [0.2, 0.25) is 17.8 Å².